The van der Waals surface area contributed by atoms with Crippen LogP contribution >= 0.6 is 11.8 Å². The van der Waals surface area contributed by atoms with E-state index in [1.165, 1.54) is 0 Å². The molecule has 1 aliphatic rings. The number of nitrogens with one attached hydrogen (secondary N) is 2. The number of hydrogen-bond acceptors (Lipinski definition) is 3. The van der Waals surface area contributed by atoms with E-state index >= 15 is 0 Å². The second-order valence-corrected chi connectivity index (χ2v) is 6.42. The lowest BCUT2D eigenvalue weighted by molar-refractivity contribution is -0.148. The van der Waals surface area contributed by atoms with Crippen molar-refractivity contribution < 1.29 is 14.7 Å². The number of hydrogen-bond donors (Lipinski definition) is 3. The first-order chi connectivity index (χ1) is 8.93. The Morgan fingerprint density at radius 1 is 1.32 bits per heavy atom. The zero-order valence-corrected chi connectivity index (χ0v) is 12.7. The molecular weight excluding hydrogens is 264 g/mol. The molecule has 0 spiro atoms. The maximum atomic E-state index is 11.9. The summed E-state index contributed by atoms with van der Waals surface area (Å²) in [4.78, 5) is 23.0. The number of carboxylic acid groups (broad SMARTS) is 1. The number of urea groups is 1. The van der Waals surface area contributed by atoms with Gasteiger partial charge in [0.1, 0.15) is 5.54 Å². The van der Waals surface area contributed by atoms with Crippen LogP contribution in [0.1, 0.15) is 46.0 Å². The second-order valence-electron chi connectivity index (χ2n) is 5.14. The summed E-state index contributed by atoms with van der Waals surface area (Å²) in [5.41, 5.74) is -1.04. The van der Waals surface area contributed by atoms with Crippen molar-refractivity contribution in [2.75, 3.05) is 12.8 Å². The molecule has 0 unspecified atom stereocenters. The van der Waals surface area contributed by atoms with Gasteiger partial charge in [0.15, 0.2) is 0 Å². The van der Waals surface area contributed by atoms with Gasteiger partial charge in [-0.05, 0) is 38.4 Å². The average Bonchev–Trinajstić information content (AvgIpc) is 2.36. The number of carboxylic acids is 1. The minimum Gasteiger partial charge on any atom is -0.480 e. The van der Waals surface area contributed by atoms with Crippen LogP contribution in [0.2, 0.25) is 0 Å². The molecule has 5 nitrogen and oxygen atoms in total. The molecule has 19 heavy (non-hydrogen) atoms. The summed E-state index contributed by atoms with van der Waals surface area (Å²) in [6.07, 6.45) is 5.86. The first kappa shape index (κ1) is 16.1. The fourth-order valence-electron chi connectivity index (χ4n) is 2.29. The lowest BCUT2D eigenvalue weighted by Gasteiger charge is -2.38. The van der Waals surface area contributed by atoms with Gasteiger partial charge in [0, 0.05) is 11.3 Å². The van der Waals surface area contributed by atoms with Gasteiger partial charge in [0.25, 0.3) is 0 Å². The van der Waals surface area contributed by atoms with Crippen molar-refractivity contribution in [2.24, 2.45) is 0 Å². The van der Waals surface area contributed by atoms with Gasteiger partial charge in [0.2, 0.25) is 0 Å². The highest BCUT2D eigenvalue weighted by Crippen LogP contribution is 2.32. The van der Waals surface area contributed by atoms with Crippen LogP contribution in [-0.4, -0.2) is 40.2 Å². The molecule has 3 N–H and O–H groups in total. The van der Waals surface area contributed by atoms with Gasteiger partial charge in [-0.15, -0.1) is 0 Å². The third-order valence-electron chi connectivity index (χ3n) is 4.26. The zero-order chi connectivity index (χ0) is 14.5. The molecule has 0 aliphatic heterocycles. The molecule has 110 valence electrons. The van der Waals surface area contributed by atoms with Gasteiger partial charge in [-0.2, -0.15) is 11.8 Å². The fraction of sp³-hybridized carbons (Fsp3) is 0.846. The van der Waals surface area contributed by atoms with Gasteiger partial charge in [-0.25, -0.2) is 9.59 Å². The molecular formula is C13H24N2O3S. The monoisotopic (exact) mass is 288 g/mol. The highest BCUT2D eigenvalue weighted by molar-refractivity contribution is 8.00. The van der Waals surface area contributed by atoms with E-state index in [0.717, 1.165) is 19.3 Å². The standard InChI is InChI=1S/C13H24N2O3S/c1-4-12(5-2,19-3)9-14-11(18)15-13(10(16)17)7-6-8-13/h4-9H2,1-3H3,(H,16,17)(H2,14,15,18). The predicted molar refractivity (Wildman–Crippen MR) is 77.6 cm³/mol. The fourth-order valence-corrected chi connectivity index (χ4v) is 3.08. The van der Waals surface area contributed by atoms with Crippen LogP contribution in [0.15, 0.2) is 0 Å². The second kappa shape index (κ2) is 6.50. The molecule has 0 radical (unpaired) electrons. The number of aliphatic carboxylic acids is 1. The van der Waals surface area contributed by atoms with Gasteiger partial charge in [-0.1, -0.05) is 13.8 Å². The summed E-state index contributed by atoms with van der Waals surface area (Å²) in [7, 11) is 0. The molecule has 2 amide bonds. The molecule has 0 aromatic rings. The smallest absolute Gasteiger partial charge is 0.329 e. The van der Waals surface area contributed by atoms with Crippen molar-refractivity contribution in [3.63, 3.8) is 0 Å². The highest BCUT2D eigenvalue weighted by Gasteiger charge is 2.45. The van der Waals surface area contributed by atoms with Gasteiger partial charge in [0.05, 0.1) is 0 Å². The number of thioether (sulfide) groups is 1. The Morgan fingerprint density at radius 3 is 2.21 bits per heavy atom. The summed E-state index contributed by atoms with van der Waals surface area (Å²) >= 11 is 1.74. The van der Waals surface area contributed by atoms with Crippen LogP contribution in [0.25, 0.3) is 0 Å². The van der Waals surface area contributed by atoms with E-state index in [2.05, 4.69) is 24.5 Å². The normalized spacial score (nSPS) is 17.4. The van der Waals surface area contributed by atoms with Crippen molar-refractivity contribution in [2.45, 2.75) is 56.2 Å². The molecule has 1 saturated carbocycles. The molecule has 6 heteroatoms. The van der Waals surface area contributed by atoms with E-state index in [0.29, 0.717) is 19.4 Å². The Bertz CT molecular complexity index is 331. The number of carbonyl (C=O) groups is 2. The quantitative estimate of drug-likeness (QED) is 0.671. The van der Waals surface area contributed by atoms with E-state index in [-0.39, 0.29) is 10.8 Å². The zero-order valence-electron chi connectivity index (χ0n) is 11.9. The van der Waals surface area contributed by atoms with E-state index < -0.39 is 11.5 Å². The van der Waals surface area contributed by atoms with Crippen LogP contribution in [0.3, 0.4) is 0 Å². The number of carbonyl (C=O) groups excluding carboxylic acids is 1. The number of amides is 2. The molecule has 0 atom stereocenters. The van der Waals surface area contributed by atoms with Crippen molar-refractivity contribution in [1.29, 1.82) is 0 Å². The minimum atomic E-state index is -1.04. The topological polar surface area (TPSA) is 78.4 Å². The summed E-state index contributed by atoms with van der Waals surface area (Å²) < 4.78 is 0.0351. The van der Waals surface area contributed by atoms with Crippen molar-refractivity contribution in [3.8, 4) is 0 Å². The molecule has 0 saturated heterocycles. The maximum Gasteiger partial charge on any atom is 0.329 e. The van der Waals surface area contributed by atoms with Gasteiger partial charge < -0.3 is 15.7 Å². The van der Waals surface area contributed by atoms with E-state index in [1.54, 1.807) is 11.8 Å². The summed E-state index contributed by atoms with van der Waals surface area (Å²) in [6, 6.07) is -0.373. The Kier molecular flexibility index (Phi) is 5.52. The van der Waals surface area contributed by atoms with Crippen LogP contribution in [0, 0.1) is 0 Å². The molecule has 1 fully saturated rings. The molecule has 1 rings (SSSR count). The van der Waals surface area contributed by atoms with Crippen LogP contribution < -0.4 is 10.6 Å². The van der Waals surface area contributed by atoms with E-state index in [4.69, 9.17) is 5.11 Å². The lowest BCUT2D eigenvalue weighted by atomic mass is 9.77. The largest absolute Gasteiger partial charge is 0.480 e. The van der Waals surface area contributed by atoms with Crippen LogP contribution in [-0.2, 0) is 4.79 Å². The van der Waals surface area contributed by atoms with Crippen molar-refractivity contribution >= 4 is 23.8 Å². The Hall–Kier alpha value is -0.910. The van der Waals surface area contributed by atoms with E-state index in [9.17, 15) is 9.59 Å². The van der Waals surface area contributed by atoms with Gasteiger partial charge >= 0.3 is 12.0 Å². The SMILES string of the molecule is CCC(CC)(CNC(=O)NC1(C(=O)O)CCC1)SC. The van der Waals surface area contributed by atoms with Crippen LogP contribution in [0.5, 0.6) is 0 Å². The Balaban J connectivity index is 2.50. The average molecular weight is 288 g/mol. The molecule has 0 bridgehead atoms. The highest BCUT2D eigenvalue weighted by atomic mass is 32.2. The lowest BCUT2D eigenvalue weighted by Crippen LogP contribution is -2.61. The van der Waals surface area contributed by atoms with Gasteiger partial charge in [-0.3, -0.25) is 0 Å². The molecule has 0 heterocycles. The number of rotatable bonds is 7. The summed E-state index contributed by atoms with van der Waals surface area (Å²) in [6.45, 7) is 4.76. The molecule has 1 aliphatic carbocycles. The summed E-state index contributed by atoms with van der Waals surface area (Å²) in [5, 5.41) is 14.6. The van der Waals surface area contributed by atoms with Crippen LogP contribution in [0.4, 0.5) is 4.79 Å². The Labute approximate surface area is 118 Å². The van der Waals surface area contributed by atoms with Crippen molar-refractivity contribution in [3.05, 3.63) is 0 Å². The Morgan fingerprint density at radius 2 is 1.89 bits per heavy atom. The molecule has 0 aromatic carbocycles. The van der Waals surface area contributed by atoms with Crippen molar-refractivity contribution in [1.82, 2.24) is 10.6 Å². The third kappa shape index (κ3) is 3.55. The first-order valence-electron chi connectivity index (χ1n) is 6.78. The molecule has 0 aromatic heterocycles. The van der Waals surface area contributed by atoms with E-state index in [1.807, 2.05) is 6.26 Å². The minimum absolute atomic E-state index is 0.0351. The third-order valence-corrected chi connectivity index (χ3v) is 5.85. The first-order valence-corrected chi connectivity index (χ1v) is 8.00. The summed E-state index contributed by atoms with van der Waals surface area (Å²) in [5.74, 6) is -0.934. The maximum absolute atomic E-state index is 11.9. The predicted octanol–water partition coefficient (Wildman–Crippen LogP) is 2.21.